The molecule has 1 atom stereocenters. The van der Waals surface area contributed by atoms with Gasteiger partial charge < -0.3 is 9.73 Å². The van der Waals surface area contributed by atoms with Crippen LogP contribution in [0, 0.1) is 6.92 Å². The number of amides is 1. The molecule has 1 heterocycles. The van der Waals surface area contributed by atoms with E-state index in [1.165, 1.54) is 5.56 Å². The molecule has 20 heavy (non-hydrogen) atoms. The molecule has 0 saturated heterocycles. The SMILES string of the molecule is Cc1ccccc1CNC(=O)CN[C@H](C)c1ccco1. The molecule has 0 aliphatic rings. The maximum Gasteiger partial charge on any atom is 0.234 e. The molecule has 1 aromatic heterocycles. The van der Waals surface area contributed by atoms with E-state index < -0.39 is 0 Å². The van der Waals surface area contributed by atoms with Gasteiger partial charge in [0.05, 0.1) is 18.8 Å². The van der Waals surface area contributed by atoms with Crippen LogP contribution >= 0.6 is 0 Å². The first kappa shape index (κ1) is 14.3. The topological polar surface area (TPSA) is 54.3 Å². The first-order valence-electron chi connectivity index (χ1n) is 6.75. The lowest BCUT2D eigenvalue weighted by atomic mass is 10.1. The van der Waals surface area contributed by atoms with Gasteiger partial charge >= 0.3 is 0 Å². The van der Waals surface area contributed by atoms with Crippen molar-refractivity contribution in [3.05, 3.63) is 59.5 Å². The van der Waals surface area contributed by atoms with Crippen molar-refractivity contribution >= 4 is 5.91 Å². The van der Waals surface area contributed by atoms with Crippen molar-refractivity contribution in [1.29, 1.82) is 0 Å². The number of hydrogen-bond acceptors (Lipinski definition) is 3. The summed E-state index contributed by atoms with van der Waals surface area (Å²) in [6.45, 7) is 4.84. The van der Waals surface area contributed by atoms with E-state index in [1.807, 2.05) is 50.2 Å². The molecule has 0 unspecified atom stereocenters. The Bertz CT molecular complexity index is 549. The lowest BCUT2D eigenvalue weighted by molar-refractivity contribution is -0.120. The number of hydrogen-bond donors (Lipinski definition) is 2. The van der Waals surface area contributed by atoms with E-state index in [0.29, 0.717) is 6.54 Å². The van der Waals surface area contributed by atoms with Crippen LogP contribution in [-0.4, -0.2) is 12.5 Å². The molecule has 0 aliphatic carbocycles. The van der Waals surface area contributed by atoms with Gasteiger partial charge in [0.25, 0.3) is 0 Å². The molecule has 0 aliphatic heterocycles. The minimum atomic E-state index is -0.0216. The molecular formula is C16H20N2O2. The maximum absolute atomic E-state index is 11.8. The normalized spacial score (nSPS) is 12.1. The van der Waals surface area contributed by atoms with Crippen LogP contribution in [0.25, 0.3) is 0 Å². The van der Waals surface area contributed by atoms with Crippen LogP contribution in [0.4, 0.5) is 0 Å². The Balaban J connectivity index is 1.75. The van der Waals surface area contributed by atoms with Gasteiger partial charge in [0.15, 0.2) is 0 Å². The van der Waals surface area contributed by atoms with E-state index in [2.05, 4.69) is 10.6 Å². The van der Waals surface area contributed by atoms with Gasteiger partial charge in [0.1, 0.15) is 5.76 Å². The van der Waals surface area contributed by atoms with Crippen LogP contribution in [0.2, 0.25) is 0 Å². The van der Waals surface area contributed by atoms with Crippen molar-refractivity contribution in [2.24, 2.45) is 0 Å². The molecule has 106 valence electrons. The molecule has 4 nitrogen and oxygen atoms in total. The molecule has 4 heteroatoms. The van der Waals surface area contributed by atoms with Gasteiger partial charge in [-0.3, -0.25) is 10.1 Å². The lowest BCUT2D eigenvalue weighted by Crippen LogP contribution is -2.34. The second kappa shape index (κ2) is 6.91. The third kappa shape index (κ3) is 3.96. The zero-order chi connectivity index (χ0) is 14.4. The summed E-state index contributed by atoms with van der Waals surface area (Å²) in [4.78, 5) is 11.8. The van der Waals surface area contributed by atoms with Gasteiger partial charge in [-0.25, -0.2) is 0 Å². The monoisotopic (exact) mass is 272 g/mol. The first-order valence-corrected chi connectivity index (χ1v) is 6.75. The summed E-state index contributed by atoms with van der Waals surface area (Å²) < 4.78 is 5.28. The lowest BCUT2D eigenvalue weighted by Gasteiger charge is -2.12. The van der Waals surface area contributed by atoms with Crippen LogP contribution < -0.4 is 10.6 Å². The van der Waals surface area contributed by atoms with Crippen LogP contribution in [0.5, 0.6) is 0 Å². The predicted octanol–water partition coefficient (Wildman–Crippen LogP) is 2.56. The molecule has 2 rings (SSSR count). The Hall–Kier alpha value is -2.07. The molecule has 0 radical (unpaired) electrons. The smallest absolute Gasteiger partial charge is 0.234 e. The van der Waals surface area contributed by atoms with E-state index in [4.69, 9.17) is 4.42 Å². The fourth-order valence-electron chi connectivity index (χ4n) is 1.95. The van der Waals surface area contributed by atoms with Crippen molar-refractivity contribution < 1.29 is 9.21 Å². The van der Waals surface area contributed by atoms with Gasteiger partial charge in [-0.1, -0.05) is 24.3 Å². The predicted molar refractivity (Wildman–Crippen MR) is 78.2 cm³/mol. The van der Waals surface area contributed by atoms with Crippen LogP contribution in [0.3, 0.4) is 0 Å². The molecule has 1 aromatic carbocycles. The summed E-state index contributed by atoms with van der Waals surface area (Å²) in [5, 5.41) is 6.04. The minimum absolute atomic E-state index is 0.0216. The Labute approximate surface area is 119 Å². The number of carbonyl (C=O) groups excluding carboxylic acids is 1. The van der Waals surface area contributed by atoms with Crippen LogP contribution in [0.15, 0.2) is 47.1 Å². The third-order valence-corrected chi connectivity index (χ3v) is 3.28. The summed E-state index contributed by atoms with van der Waals surface area (Å²) in [5.41, 5.74) is 2.32. The highest BCUT2D eigenvalue weighted by Gasteiger charge is 2.09. The number of aryl methyl sites for hydroxylation is 1. The van der Waals surface area contributed by atoms with Gasteiger partial charge in [-0.2, -0.15) is 0 Å². The van der Waals surface area contributed by atoms with E-state index >= 15 is 0 Å². The Morgan fingerprint density at radius 2 is 2.05 bits per heavy atom. The van der Waals surface area contributed by atoms with E-state index in [1.54, 1.807) is 6.26 Å². The van der Waals surface area contributed by atoms with Crippen LogP contribution in [-0.2, 0) is 11.3 Å². The zero-order valence-electron chi connectivity index (χ0n) is 11.8. The van der Waals surface area contributed by atoms with Crippen LogP contribution in [0.1, 0.15) is 29.9 Å². The summed E-state index contributed by atoms with van der Waals surface area (Å²) >= 11 is 0. The highest BCUT2D eigenvalue weighted by Crippen LogP contribution is 2.11. The van der Waals surface area contributed by atoms with E-state index in [-0.39, 0.29) is 18.5 Å². The first-order chi connectivity index (χ1) is 9.66. The fourth-order valence-corrected chi connectivity index (χ4v) is 1.95. The number of rotatable bonds is 6. The summed E-state index contributed by atoms with van der Waals surface area (Å²) in [5.74, 6) is 0.809. The van der Waals surface area contributed by atoms with E-state index in [0.717, 1.165) is 11.3 Å². The molecule has 0 bridgehead atoms. The average molecular weight is 272 g/mol. The van der Waals surface area contributed by atoms with Crippen molar-refractivity contribution in [2.75, 3.05) is 6.54 Å². The Morgan fingerprint density at radius 1 is 1.25 bits per heavy atom. The number of benzene rings is 1. The standard InChI is InChI=1S/C16H20N2O2/c1-12-6-3-4-7-14(12)10-18-16(19)11-17-13(2)15-8-5-9-20-15/h3-9,13,17H,10-11H2,1-2H3,(H,18,19)/t13-/m1/s1. The maximum atomic E-state index is 11.8. The molecule has 0 saturated carbocycles. The van der Waals surface area contributed by atoms with Gasteiger partial charge in [-0.05, 0) is 37.1 Å². The summed E-state index contributed by atoms with van der Waals surface area (Å²) in [7, 11) is 0. The second-order valence-corrected chi connectivity index (χ2v) is 4.82. The molecular weight excluding hydrogens is 252 g/mol. The number of carbonyl (C=O) groups is 1. The van der Waals surface area contributed by atoms with Crippen molar-refractivity contribution in [2.45, 2.75) is 26.4 Å². The highest BCUT2D eigenvalue weighted by atomic mass is 16.3. The number of nitrogens with one attached hydrogen (secondary N) is 2. The molecule has 2 N–H and O–H groups in total. The summed E-state index contributed by atoms with van der Waals surface area (Å²) in [6.07, 6.45) is 1.63. The largest absolute Gasteiger partial charge is 0.468 e. The fraction of sp³-hybridized carbons (Fsp3) is 0.312. The van der Waals surface area contributed by atoms with Gasteiger partial charge in [-0.15, -0.1) is 0 Å². The Kier molecular flexibility index (Phi) is 4.96. The van der Waals surface area contributed by atoms with E-state index in [9.17, 15) is 4.79 Å². The zero-order valence-corrected chi connectivity index (χ0v) is 11.8. The van der Waals surface area contributed by atoms with Gasteiger partial charge in [0, 0.05) is 6.54 Å². The number of furan rings is 1. The summed E-state index contributed by atoms with van der Waals surface area (Å²) in [6, 6.07) is 11.8. The van der Waals surface area contributed by atoms with Gasteiger partial charge in [0.2, 0.25) is 5.91 Å². The molecule has 0 spiro atoms. The third-order valence-electron chi connectivity index (χ3n) is 3.28. The molecule has 2 aromatic rings. The second-order valence-electron chi connectivity index (χ2n) is 4.82. The van der Waals surface area contributed by atoms with Crippen molar-refractivity contribution in [1.82, 2.24) is 10.6 Å². The minimum Gasteiger partial charge on any atom is -0.468 e. The molecule has 1 amide bonds. The quantitative estimate of drug-likeness (QED) is 0.849. The highest BCUT2D eigenvalue weighted by molar-refractivity contribution is 5.78. The Morgan fingerprint density at radius 3 is 2.75 bits per heavy atom. The van der Waals surface area contributed by atoms with Crippen molar-refractivity contribution in [3.8, 4) is 0 Å². The van der Waals surface area contributed by atoms with Crippen molar-refractivity contribution in [3.63, 3.8) is 0 Å². The average Bonchev–Trinajstić information content (AvgIpc) is 2.98. The molecule has 0 fully saturated rings.